The highest BCUT2D eigenvalue weighted by atomic mass is 16.4. The van der Waals surface area contributed by atoms with E-state index in [0.29, 0.717) is 6.54 Å². The quantitative estimate of drug-likeness (QED) is 0.104. The van der Waals surface area contributed by atoms with Gasteiger partial charge in [-0.3, -0.25) is 9.59 Å². The fourth-order valence-electron chi connectivity index (χ4n) is 5.00. The summed E-state index contributed by atoms with van der Waals surface area (Å²) in [5, 5.41) is 30.4. The molecule has 0 aromatic heterocycles. The molecular weight excluding hydrogens is 458 g/mol. The van der Waals surface area contributed by atoms with Crippen LogP contribution in [0, 0.1) is 17.8 Å². The minimum Gasteiger partial charge on any atom is -0.550 e. The van der Waals surface area contributed by atoms with E-state index in [4.69, 9.17) is 0 Å². The number of unbranched alkanes of at least 4 members (excludes halogenated alkanes) is 11. The molecule has 0 aromatic carbocycles. The lowest BCUT2D eigenvalue weighted by Gasteiger charge is -2.43. The predicted molar refractivity (Wildman–Crippen MR) is 142 cm³/mol. The van der Waals surface area contributed by atoms with Gasteiger partial charge in [-0.2, -0.15) is 0 Å². The number of aliphatic carboxylic acids is 3. The van der Waals surface area contributed by atoms with E-state index in [0.717, 1.165) is 25.7 Å². The van der Waals surface area contributed by atoms with E-state index >= 15 is 0 Å². The van der Waals surface area contributed by atoms with E-state index in [1.54, 1.807) is 20.8 Å². The van der Waals surface area contributed by atoms with Crippen molar-refractivity contribution in [2.24, 2.45) is 17.8 Å². The summed E-state index contributed by atoms with van der Waals surface area (Å²) in [6, 6.07) is 0. The molecule has 3 unspecified atom stereocenters. The largest absolute Gasteiger partial charge is 0.550 e. The van der Waals surface area contributed by atoms with Gasteiger partial charge in [0.25, 0.3) is 0 Å². The number of carboxylic acid groups (broad SMARTS) is 3. The van der Waals surface area contributed by atoms with Crippen LogP contribution in [0.3, 0.4) is 0 Å². The van der Waals surface area contributed by atoms with Crippen LogP contribution in [0.15, 0.2) is 12.2 Å². The Balaban J connectivity index is 4.57. The van der Waals surface area contributed by atoms with Crippen LogP contribution < -0.4 is 5.11 Å². The highest BCUT2D eigenvalue weighted by Crippen LogP contribution is 2.22. The smallest absolute Gasteiger partial charge is 0.311 e. The van der Waals surface area contributed by atoms with Crippen molar-refractivity contribution in [1.29, 1.82) is 0 Å². The average Bonchev–Trinajstić information content (AvgIpc) is 2.81. The third kappa shape index (κ3) is 16.7. The number of allylic oxidation sites excluding steroid dienone is 2. The van der Waals surface area contributed by atoms with Crippen LogP contribution in [0.2, 0.25) is 0 Å². The number of hydrogen-bond acceptors (Lipinski definition) is 4. The lowest BCUT2D eigenvalue weighted by molar-refractivity contribution is -0.934. The number of quaternary nitrogens is 1. The van der Waals surface area contributed by atoms with Gasteiger partial charge in [-0.1, -0.05) is 77.4 Å². The van der Waals surface area contributed by atoms with Gasteiger partial charge >= 0.3 is 11.9 Å². The van der Waals surface area contributed by atoms with E-state index in [1.165, 1.54) is 57.8 Å². The predicted octanol–water partition coefficient (Wildman–Crippen LogP) is 5.28. The van der Waals surface area contributed by atoms with Gasteiger partial charge in [0.05, 0.1) is 26.2 Å². The number of rotatable bonds is 24. The molecule has 7 heteroatoms. The summed E-state index contributed by atoms with van der Waals surface area (Å²) in [6.45, 7) is 8.18. The van der Waals surface area contributed by atoms with Crippen LogP contribution in [0.4, 0.5) is 0 Å². The van der Waals surface area contributed by atoms with Crippen LogP contribution in [-0.4, -0.2) is 58.8 Å². The van der Waals surface area contributed by atoms with Gasteiger partial charge < -0.3 is 24.6 Å². The summed E-state index contributed by atoms with van der Waals surface area (Å²) >= 11 is 0. The van der Waals surface area contributed by atoms with Crippen LogP contribution in [-0.2, 0) is 14.4 Å². The molecule has 0 aromatic rings. The topological polar surface area (TPSA) is 115 Å². The number of carbonyl (C=O) groups excluding carboxylic acids is 1. The van der Waals surface area contributed by atoms with Crippen molar-refractivity contribution in [3.05, 3.63) is 12.2 Å². The fraction of sp³-hybridized carbons (Fsp3) is 0.828. The second kappa shape index (κ2) is 20.2. The molecule has 0 aliphatic carbocycles. The maximum absolute atomic E-state index is 11.6. The molecule has 0 heterocycles. The minimum atomic E-state index is -1.18. The highest BCUT2D eigenvalue weighted by Gasteiger charge is 2.36. The summed E-state index contributed by atoms with van der Waals surface area (Å²) in [6.07, 6.45) is 19.8. The van der Waals surface area contributed by atoms with Gasteiger partial charge in [0.15, 0.2) is 0 Å². The number of hydrogen-bond donors (Lipinski definition) is 2. The Bertz CT molecular complexity index is 593. The lowest BCUT2D eigenvalue weighted by Crippen LogP contribution is -2.58. The Morgan fingerprint density at radius 1 is 0.667 bits per heavy atom. The highest BCUT2D eigenvalue weighted by molar-refractivity contribution is 5.70. The molecule has 7 nitrogen and oxygen atoms in total. The number of nitrogens with zero attached hydrogens (tertiary/aromatic N) is 1. The van der Waals surface area contributed by atoms with Crippen molar-refractivity contribution in [3.8, 4) is 0 Å². The van der Waals surface area contributed by atoms with E-state index in [-0.39, 0.29) is 24.1 Å². The van der Waals surface area contributed by atoms with Crippen molar-refractivity contribution in [2.75, 3.05) is 26.2 Å². The average molecular weight is 512 g/mol. The van der Waals surface area contributed by atoms with Crippen molar-refractivity contribution < 1.29 is 34.2 Å². The Morgan fingerprint density at radius 2 is 1.06 bits per heavy atom. The monoisotopic (exact) mass is 511 g/mol. The van der Waals surface area contributed by atoms with Crippen LogP contribution in [0.5, 0.6) is 0 Å². The summed E-state index contributed by atoms with van der Waals surface area (Å²) in [7, 11) is 0. The van der Waals surface area contributed by atoms with E-state index in [2.05, 4.69) is 19.1 Å². The Morgan fingerprint density at radius 3 is 1.47 bits per heavy atom. The zero-order valence-electron chi connectivity index (χ0n) is 23.4. The molecule has 0 rings (SSSR count). The van der Waals surface area contributed by atoms with E-state index < -0.39 is 35.7 Å². The van der Waals surface area contributed by atoms with Gasteiger partial charge in [0.2, 0.25) is 0 Å². The second-order valence-electron chi connectivity index (χ2n) is 10.9. The third-order valence-corrected chi connectivity index (χ3v) is 7.10. The van der Waals surface area contributed by atoms with Gasteiger partial charge in [-0.05, 0) is 46.0 Å². The Labute approximate surface area is 219 Å². The van der Waals surface area contributed by atoms with Crippen LogP contribution in [0.25, 0.3) is 0 Å². The molecule has 0 fully saturated rings. The normalized spacial score (nSPS) is 15.9. The third-order valence-electron chi connectivity index (χ3n) is 7.10. The molecule has 2 N–H and O–H groups in total. The summed E-state index contributed by atoms with van der Waals surface area (Å²) in [4.78, 5) is 34.6. The Kier molecular flexibility index (Phi) is 19.1. The molecule has 0 aliphatic heterocycles. The minimum absolute atomic E-state index is 0.184. The fourth-order valence-corrected chi connectivity index (χ4v) is 5.00. The molecule has 0 radical (unpaired) electrons. The summed E-state index contributed by atoms with van der Waals surface area (Å²) in [5.41, 5.74) is 0. The van der Waals surface area contributed by atoms with Crippen molar-refractivity contribution in [3.63, 3.8) is 0 Å². The zero-order chi connectivity index (χ0) is 27.4. The molecule has 0 bridgehead atoms. The maximum atomic E-state index is 11.6. The number of carbonyl (C=O) groups is 3. The zero-order valence-corrected chi connectivity index (χ0v) is 23.4. The molecule has 0 spiro atoms. The first-order valence-electron chi connectivity index (χ1n) is 14.2. The molecule has 0 saturated heterocycles. The van der Waals surface area contributed by atoms with Gasteiger partial charge in [-0.25, -0.2) is 0 Å². The molecule has 3 atom stereocenters. The van der Waals surface area contributed by atoms with Gasteiger partial charge in [-0.15, -0.1) is 0 Å². The molecule has 0 amide bonds. The SMILES string of the molecule is CCC/C=C/CCCCCCCCCCCC[N+](CC(C)C(=O)[O-])(CC(C)C(=O)O)CC(C)C(=O)O. The maximum Gasteiger partial charge on any atom is 0.311 e. The molecule has 210 valence electrons. The standard InChI is InChI=1S/C29H53NO6/c1-5-6-7-8-9-10-11-12-13-14-15-16-17-18-19-20-30(21-24(2)27(31)32,22-25(3)28(33)34)23-26(4)29(35)36/h7-8,24-26H,5-6,9-23H2,1-4H3,(H2-,31,32,33,34,35,36)/b8-7+. The van der Waals surface area contributed by atoms with Crippen molar-refractivity contribution in [2.45, 2.75) is 111 Å². The Hall–Kier alpha value is -1.89. The second-order valence-corrected chi connectivity index (χ2v) is 10.9. The first-order valence-corrected chi connectivity index (χ1v) is 14.2. The van der Waals surface area contributed by atoms with Gasteiger partial charge in [0, 0.05) is 11.9 Å². The first-order chi connectivity index (χ1) is 17.0. The van der Waals surface area contributed by atoms with Crippen LogP contribution in [0.1, 0.15) is 111 Å². The lowest BCUT2D eigenvalue weighted by atomic mass is 10.00. The van der Waals surface area contributed by atoms with Crippen LogP contribution >= 0.6 is 0 Å². The molecular formula is C29H53NO6. The van der Waals surface area contributed by atoms with Crippen molar-refractivity contribution in [1.82, 2.24) is 0 Å². The summed E-state index contributed by atoms with van der Waals surface area (Å²) in [5.74, 6) is -5.24. The first kappa shape index (κ1) is 34.1. The van der Waals surface area contributed by atoms with Gasteiger partial charge in [0.1, 0.15) is 11.8 Å². The molecule has 36 heavy (non-hydrogen) atoms. The van der Waals surface area contributed by atoms with E-state index in [9.17, 15) is 29.7 Å². The molecule has 0 saturated carbocycles. The van der Waals surface area contributed by atoms with E-state index in [1.807, 2.05) is 0 Å². The van der Waals surface area contributed by atoms with Crippen molar-refractivity contribution >= 4 is 17.9 Å². The number of carboxylic acids is 3. The molecule has 0 aliphatic rings. The summed E-state index contributed by atoms with van der Waals surface area (Å²) < 4.78 is 0.184.